The van der Waals surface area contributed by atoms with E-state index >= 15 is 0 Å². The number of nitrogens with zero attached hydrogens (tertiary/aromatic N) is 5. The van der Waals surface area contributed by atoms with Crippen molar-refractivity contribution in [1.29, 1.82) is 0 Å². The van der Waals surface area contributed by atoms with Crippen molar-refractivity contribution in [2.75, 3.05) is 27.4 Å². The van der Waals surface area contributed by atoms with Gasteiger partial charge in [0.1, 0.15) is 40.7 Å². The number of rotatable bonds is 20. The number of halogens is 2. The summed E-state index contributed by atoms with van der Waals surface area (Å²) in [4.78, 5) is 48.2. The largest absolute Gasteiger partial charge is 0.496 e. The van der Waals surface area contributed by atoms with Crippen molar-refractivity contribution >= 4 is 53.5 Å². The number of hydrogen-bond acceptors (Lipinski definition) is 13. The summed E-state index contributed by atoms with van der Waals surface area (Å²) in [6, 6.07) is 24.5. The van der Waals surface area contributed by atoms with Gasteiger partial charge in [0.2, 0.25) is 12.0 Å². The van der Waals surface area contributed by atoms with Crippen LogP contribution in [0.1, 0.15) is 69.5 Å². The van der Waals surface area contributed by atoms with Gasteiger partial charge in [-0.2, -0.15) is 0 Å². The molecule has 7 rings (SSSR count). The second kappa shape index (κ2) is 23.4. The van der Waals surface area contributed by atoms with Gasteiger partial charge in [-0.1, -0.05) is 80.9 Å². The van der Waals surface area contributed by atoms with Crippen LogP contribution in [0.15, 0.2) is 97.5 Å². The number of carbonyl (C=O) groups is 2. The van der Waals surface area contributed by atoms with Crippen LogP contribution in [-0.4, -0.2) is 89.4 Å². The Morgan fingerprint density at radius 2 is 1.62 bits per heavy atom. The number of aromatic nitrogens is 4. The predicted octanol–water partition coefficient (Wildman–Crippen LogP) is 13.2. The van der Waals surface area contributed by atoms with Crippen LogP contribution in [0, 0.1) is 12.7 Å². The van der Waals surface area contributed by atoms with Gasteiger partial charge >= 0.3 is 12.1 Å². The SMILES string of the molecule is COCCN(Cc1ccc(OCc2ccnc(-c3ccccc3OC)n2)c(CC(Oc2ncnc3sc(-c4ccc(F)cc4)c(-c4ccc(CO[Si](C)(C)C(C)(C)C)c(Cl)c4C)c23)C(=O)O)c1)C(=O)OC(C)(C)C. The summed E-state index contributed by atoms with van der Waals surface area (Å²) in [7, 11) is 0.999. The number of carboxylic acid groups (broad SMARTS) is 1. The molecule has 1 amide bonds. The number of carboxylic acids is 1. The van der Waals surface area contributed by atoms with Crippen molar-refractivity contribution in [1.82, 2.24) is 24.8 Å². The first-order valence-corrected chi connectivity index (χ1v) is 28.2. The van der Waals surface area contributed by atoms with Crippen molar-refractivity contribution in [2.24, 2.45) is 0 Å². The van der Waals surface area contributed by atoms with Crippen LogP contribution in [0.5, 0.6) is 17.4 Å². The molecule has 0 spiro atoms. The Morgan fingerprint density at radius 3 is 2.31 bits per heavy atom. The quantitative estimate of drug-likeness (QED) is 0.0718. The van der Waals surface area contributed by atoms with Crippen LogP contribution in [-0.2, 0) is 44.9 Å². The zero-order valence-electron chi connectivity index (χ0n) is 43.7. The van der Waals surface area contributed by atoms with Crippen LogP contribution in [0.4, 0.5) is 9.18 Å². The normalized spacial score (nSPS) is 12.4. The predicted molar refractivity (Wildman–Crippen MR) is 289 cm³/mol. The molecule has 7 aromatic rings. The molecular weight excluding hydrogens is 1000 g/mol. The maximum atomic E-state index is 14.4. The molecular formula is C56H63ClFN5O9SSi. The number of amides is 1. The molecule has 0 saturated carbocycles. The van der Waals surface area contributed by atoms with Crippen LogP contribution < -0.4 is 14.2 Å². The number of methoxy groups -OCH3 is 2. The molecule has 4 aromatic carbocycles. The fraction of sp³-hybridized carbons (Fsp3) is 0.357. The van der Waals surface area contributed by atoms with Gasteiger partial charge in [-0.15, -0.1) is 11.3 Å². The molecule has 0 aliphatic heterocycles. The molecule has 18 heteroatoms. The molecule has 0 bridgehead atoms. The van der Waals surface area contributed by atoms with Crippen molar-refractivity contribution in [3.8, 4) is 50.3 Å². The van der Waals surface area contributed by atoms with E-state index < -0.39 is 37.9 Å². The average molecular weight is 1060 g/mol. The van der Waals surface area contributed by atoms with Crippen molar-refractivity contribution in [3.63, 3.8) is 0 Å². The fourth-order valence-electron chi connectivity index (χ4n) is 7.77. The van der Waals surface area contributed by atoms with E-state index in [9.17, 15) is 19.1 Å². The van der Waals surface area contributed by atoms with Gasteiger partial charge in [0.15, 0.2) is 14.1 Å². The van der Waals surface area contributed by atoms with E-state index in [-0.39, 0.29) is 43.6 Å². The number of fused-ring (bicyclic) bond motifs is 1. The summed E-state index contributed by atoms with van der Waals surface area (Å²) in [5.41, 5.74) is 5.27. The number of hydrogen-bond donors (Lipinski definition) is 1. The second-order valence-corrected chi connectivity index (χ2v) is 26.5. The first-order valence-electron chi connectivity index (χ1n) is 24.1. The second-order valence-electron chi connectivity index (χ2n) is 20.3. The average Bonchev–Trinajstić information content (AvgIpc) is 3.74. The van der Waals surface area contributed by atoms with Gasteiger partial charge < -0.3 is 38.1 Å². The standard InChI is InChI=1S/C56H63ClFN5O9SSi/c1-34-41(22-19-37(48(34)57)31-70-74(10,11)56(5,6)7)46-47-51(60-33-61-52(47)73-49(46)36-17-20-39(58)21-18-36)71-45(53(64)65)29-38-28-35(30-63(26-27-67-8)54(66)72-55(2,3)4)16-23-43(38)69-32-40-24-25-59-50(62-40)42-14-12-13-15-44(42)68-9/h12-25,28,33,45H,26-27,29-32H2,1-11H3,(H,64,65). The highest BCUT2D eigenvalue weighted by atomic mass is 35.5. The number of aliphatic carboxylic acids is 1. The molecule has 3 aromatic heterocycles. The van der Waals surface area contributed by atoms with E-state index in [0.717, 1.165) is 21.6 Å². The Hall–Kier alpha value is -6.50. The third-order valence-electron chi connectivity index (χ3n) is 12.8. The zero-order chi connectivity index (χ0) is 53.5. The molecule has 0 aliphatic rings. The molecule has 0 aliphatic carbocycles. The van der Waals surface area contributed by atoms with Crippen LogP contribution >= 0.6 is 22.9 Å². The molecule has 390 valence electrons. The molecule has 1 unspecified atom stereocenters. The smallest absolute Gasteiger partial charge is 0.410 e. The van der Waals surface area contributed by atoms with E-state index in [1.165, 1.54) is 34.7 Å². The van der Waals surface area contributed by atoms with Crippen molar-refractivity contribution in [3.05, 3.63) is 136 Å². The van der Waals surface area contributed by atoms with E-state index in [2.05, 4.69) is 48.8 Å². The molecule has 74 heavy (non-hydrogen) atoms. The lowest BCUT2D eigenvalue weighted by Gasteiger charge is -2.36. The number of benzene rings is 4. The lowest BCUT2D eigenvalue weighted by molar-refractivity contribution is -0.145. The molecule has 1 N–H and O–H groups in total. The fourth-order valence-corrected chi connectivity index (χ4v) is 10.1. The Bertz CT molecular complexity index is 3120. The first kappa shape index (κ1) is 55.3. The van der Waals surface area contributed by atoms with Crippen LogP contribution in [0.2, 0.25) is 23.2 Å². The molecule has 1 atom stereocenters. The zero-order valence-corrected chi connectivity index (χ0v) is 46.2. The summed E-state index contributed by atoms with van der Waals surface area (Å²) in [5, 5.41) is 12.0. The third-order valence-corrected chi connectivity index (χ3v) is 18.9. The van der Waals surface area contributed by atoms with Gasteiger partial charge in [-0.05, 0) is 116 Å². The number of ether oxygens (including phenoxy) is 5. The highest BCUT2D eigenvalue weighted by Crippen LogP contribution is 2.49. The number of para-hydroxylation sites is 1. The van der Waals surface area contributed by atoms with Gasteiger partial charge in [0.05, 0.1) is 37.0 Å². The van der Waals surface area contributed by atoms with Crippen LogP contribution in [0.3, 0.4) is 0 Å². The number of carbonyl (C=O) groups excluding carboxylic acids is 1. The number of thiophene rings is 1. The third kappa shape index (κ3) is 13.2. The summed E-state index contributed by atoms with van der Waals surface area (Å²) in [6.45, 7) is 19.1. The van der Waals surface area contributed by atoms with Crippen molar-refractivity contribution < 1.29 is 47.2 Å². The minimum atomic E-state index is -2.13. The van der Waals surface area contributed by atoms with Gasteiger partial charge in [-0.25, -0.2) is 33.9 Å². The molecule has 14 nitrogen and oxygen atoms in total. The van der Waals surface area contributed by atoms with Crippen molar-refractivity contribution in [2.45, 2.75) is 104 Å². The maximum absolute atomic E-state index is 14.4. The minimum Gasteiger partial charge on any atom is -0.496 e. The Balaban J connectivity index is 1.29. The summed E-state index contributed by atoms with van der Waals surface area (Å²) >= 11 is 8.56. The molecule has 0 radical (unpaired) electrons. The van der Waals surface area contributed by atoms with Gasteiger partial charge in [0.25, 0.3) is 0 Å². The highest BCUT2D eigenvalue weighted by molar-refractivity contribution is 7.22. The van der Waals surface area contributed by atoms with E-state index in [1.807, 2.05) is 43.3 Å². The monoisotopic (exact) mass is 1060 g/mol. The van der Waals surface area contributed by atoms with E-state index in [0.29, 0.717) is 72.7 Å². The summed E-state index contributed by atoms with van der Waals surface area (Å²) in [6.07, 6.45) is 0.687. The maximum Gasteiger partial charge on any atom is 0.410 e. The highest BCUT2D eigenvalue weighted by Gasteiger charge is 2.37. The topological polar surface area (TPSA) is 165 Å². The summed E-state index contributed by atoms with van der Waals surface area (Å²) < 4.78 is 50.7. The Kier molecular flexibility index (Phi) is 17.4. The van der Waals surface area contributed by atoms with Crippen LogP contribution in [0.25, 0.3) is 43.2 Å². The van der Waals surface area contributed by atoms with Gasteiger partial charge in [-0.3, -0.25) is 0 Å². The first-order chi connectivity index (χ1) is 35.1. The molecule has 3 heterocycles. The lowest BCUT2D eigenvalue weighted by atomic mass is 9.94. The Morgan fingerprint density at radius 1 is 0.878 bits per heavy atom. The van der Waals surface area contributed by atoms with E-state index in [1.54, 1.807) is 77.6 Å². The molecule has 0 saturated heterocycles. The van der Waals surface area contributed by atoms with Gasteiger partial charge in [0, 0.05) is 48.3 Å². The summed E-state index contributed by atoms with van der Waals surface area (Å²) in [5.74, 6) is -0.261. The lowest BCUT2D eigenvalue weighted by Crippen LogP contribution is -2.40. The van der Waals surface area contributed by atoms with E-state index in [4.69, 9.17) is 44.7 Å². The molecule has 0 fully saturated rings. The minimum absolute atomic E-state index is 0.00639. The Labute approximate surface area is 441 Å².